The van der Waals surface area contributed by atoms with Crippen molar-refractivity contribution >= 4 is 5.97 Å². The van der Waals surface area contributed by atoms with Crippen molar-refractivity contribution in [3.63, 3.8) is 0 Å². The standard InChI is InChI=1S/C16H19NO4/c1-3-5-13-14(16(18)19)15(17-21-13)11-6-8-12(9-7-11)20-10-4-2/h6-9H,3-5,10H2,1-2H3,(H,18,19). The minimum absolute atomic E-state index is 0.152. The second kappa shape index (κ2) is 6.92. The van der Waals surface area contributed by atoms with Crippen molar-refractivity contribution in [1.29, 1.82) is 0 Å². The maximum Gasteiger partial charge on any atom is 0.341 e. The molecule has 5 nitrogen and oxygen atoms in total. The minimum atomic E-state index is -1.01. The first-order valence-electron chi connectivity index (χ1n) is 7.12. The van der Waals surface area contributed by atoms with E-state index in [1.54, 1.807) is 12.1 Å². The fraction of sp³-hybridized carbons (Fsp3) is 0.375. The van der Waals surface area contributed by atoms with E-state index in [0.717, 1.165) is 18.6 Å². The zero-order chi connectivity index (χ0) is 15.2. The lowest BCUT2D eigenvalue weighted by Gasteiger charge is -2.05. The minimum Gasteiger partial charge on any atom is -0.494 e. The average Bonchev–Trinajstić information content (AvgIpc) is 2.90. The highest BCUT2D eigenvalue weighted by atomic mass is 16.5. The lowest BCUT2D eigenvalue weighted by atomic mass is 10.0. The average molecular weight is 289 g/mol. The predicted octanol–water partition coefficient (Wildman–Crippen LogP) is 3.78. The van der Waals surface area contributed by atoms with Gasteiger partial charge in [0.15, 0.2) is 5.76 Å². The normalized spacial score (nSPS) is 10.6. The monoisotopic (exact) mass is 289 g/mol. The first kappa shape index (κ1) is 15.1. The van der Waals surface area contributed by atoms with E-state index in [2.05, 4.69) is 5.16 Å². The molecule has 1 N–H and O–H groups in total. The molecule has 2 aromatic rings. The number of carboxylic acid groups (broad SMARTS) is 1. The summed E-state index contributed by atoms with van der Waals surface area (Å²) >= 11 is 0. The van der Waals surface area contributed by atoms with Crippen LogP contribution >= 0.6 is 0 Å². The van der Waals surface area contributed by atoms with Crippen LogP contribution in [-0.2, 0) is 6.42 Å². The van der Waals surface area contributed by atoms with Gasteiger partial charge in [0, 0.05) is 12.0 Å². The number of aryl methyl sites for hydroxylation is 1. The van der Waals surface area contributed by atoms with Gasteiger partial charge in [-0.15, -0.1) is 0 Å². The van der Waals surface area contributed by atoms with Crippen LogP contribution in [-0.4, -0.2) is 22.8 Å². The van der Waals surface area contributed by atoms with Crippen molar-refractivity contribution in [3.8, 4) is 17.0 Å². The van der Waals surface area contributed by atoms with Gasteiger partial charge in [0.1, 0.15) is 17.0 Å². The number of carboxylic acids is 1. The molecule has 21 heavy (non-hydrogen) atoms. The van der Waals surface area contributed by atoms with Crippen LogP contribution in [0.3, 0.4) is 0 Å². The third kappa shape index (κ3) is 3.42. The highest BCUT2D eigenvalue weighted by Crippen LogP contribution is 2.28. The number of aromatic carboxylic acids is 1. The lowest BCUT2D eigenvalue weighted by molar-refractivity contribution is 0.0695. The summed E-state index contributed by atoms with van der Waals surface area (Å²) in [6.07, 6.45) is 2.31. The second-order valence-corrected chi connectivity index (χ2v) is 4.76. The molecule has 0 aliphatic rings. The summed E-state index contributed by atoms with van der Waals surface area (Å²) in [7, 11) is 0. The predicted molar refractivity (Wildman–Crippen MR) is 78.7 cm³/mol. The van der Waals surface area contributed by atoms with Gasteiger partial charge >= 0.3 is 5.97 Å². The molecule has 1 heterocycles. The summed E-state index contributed by atoms with van der Waals surface area (Å²) in [5.41, 5.74) is 1.23. The zero-order valence-electron chi connectivity index (χ0n) is 12.3. The van der Waals surface area contributed by atoms with Crippen molar-refractivity contribution in [2.45, 2.75) is 33.1 Å². The fourth-order valence-electron chi connectivity index (χ4n) is 2.07. The van der Waals surface area contributed by atoms with Crippen LogP contribution in [0.4, 0.5) is 0 Å². The van der Waals surface area contributed by atoms with E-state index >= 15 is 0 Å². The molecular weight excluding hydrogens is 270 g/mol. The van der Waals surface area contributed by atoms with E-state index in [1.807, 2.05) is 26.0 Å². The quantitative estimate of drug-likeness (QED) is 0.839. The highest BCUT2D eigenvalue weighted by molar-refractivity contribution is 5.95. The van der Waals surface area contributed by atoms with Gasteiger partial charge in [-0.05, 0) is 37.1 Å². The topological polar surface area (TPSA) is 72.6 Å². The molecule has 0 aliphatic carbocycles. The van der Waals surface area contributed by atoms with Crippen LogP contribution in [0, 0.1) is 0 Å². The number of aromatic nitrogens is 1. The van der Waals surface area contributed by atoms with Gasteiger partial charge < -0.3 is 14.4 Å². The first-order chi connectivity index (χ1) is 10.2. The Balaban J connectivity index is 2.31. The van der Waals surface area contributed by atoms with Gasteiger partial charge in [-0.1, -0.05) is 19.0 Å². The van der Waals surface area contributed by atoms with Gasteiger partial charge in [0.25, 0.3) is 0 Å². The molecular formula is C16H19NO4. The smallest absolute Gasteiger partial charge is 0.341 e. The fourth-order valence-corrected chi connectivity index (χ4v) is 2.07. The van der Waals surface area contributed by atoms with Crippen LogP contribution in [0.25, 0.3) is 11.3 Å². The molecule has 5 heteroatoms. The van der Waals surface area contributed by atoms with Crippen LogP contribution in [0.2, 0.25) is 0 Å². The van der Waals surface area contributed by atoms with Crippen LogP contribution in [0.15, 0.2) is 28.8 Å². The zero-order valence-corrected chi connectivity index (χ0v) is 12.3. The number of rotatable bonds is 7. The maximum absolute atomic E-state index is 11.4. The van der Waals surface area contributed by atoms with Crippen molar-refractivity contribution in [2.75, 3.05) is 6.61 Å². The number of ether oxygens (including phenoxy) is 1. The Morgan fingerprint density at radius 1 is 1.24 bits per heavy atom. The van der Waals surface area contributed by atoms with Crippen LogP contribution < -0.4 is 4.74 Å². The van der Waals surface area contributed by atoms with E-state index in [4.69, 9.17) is 9.26 Å². The third-order valence-corrected chi connectivity index (χ3v) is 3.05. The number of hydrogen-bond donors (Lipinski definition) is 1. The van der Waals surface area contributed by atoms with Crippen molar-refractivity contribution < 1.29 is 19.2 Å². The Hall–Kier alpha value is -2.30. The number of nitrogens with zero attached hydrogens (tertiary/aromatic N) is 1. The molecule has 0 saturated heterocycles. The van der Waals surface area contributed by atoms with Crippen molar-refractivity contribution in [2.24, 2.45) is 0 Å². The van der Waals surface area contributed by atoms with Gasteiger partial charge in [-0.3, -0.25) is 0 Å². The molecule has 1 aromatic carbocycles. The van der Waals surface area contributed by atoms with Crippen molar-refractivity contribution in [1.82, 2.24) is 5.16 Å². The van der Waals surface area contributed by atoms with Crippen molar-refractivity contribution in [3.05, 3.63) is 35.6 Å². The Labute approximate surface area is 123 Å². The summed E-state index contributed by atoms with van der Waals surface area (Å²) < 4.78 is 10.7. The first-order valence-corrected chi connectivity index (χ1v) is 7.12. The molecule has 0 aliphatic heterocycles. The molecule has 0 bridgehead atoms. The molecule has 0 spiro atoms. The second-order valence-electron chi connectivity index (χ2n) is 4.76. The highest BCUT2D eigenvalue weighted by Gasteiger charge is 2.22. The molecule has 0 radical (unpaired) electrons. The molecule has 112 valence electrons. The Kier molecular flexibility index (Phi) is 4.98. The third-order valence-electron chi connectivity index (χ3n) is 3.05. The van der Waals surface area contributed by atoms with Gasteiger partial charge in [-0.2, -0.15) is 0 Å². The van der Waals surface area contributed by atoms with Crippen LogP contribution in [0.5, 0.6) is 5.75 Å². The van der Waals surface area contributed by atoms with E-state index in [1.165, 1.54) is 0 Å². The van der Waals surface area contributed by atoms with Gasteiger partial charge in [-0.25, -0.2) is 4.79 Å². The molecule has 1 aromatic heterocycles. The summed E-state index contributed by atoms with van der Waals surface area (Å²) in [6, 6.07) is 7.21. The van der Waals surface area contributed by atoms with Crippen LogP contribution in [0.1, 0.15) is 42.8 Å². The summed E-state index contributed by atoms with van der Waals surface area (Å²) in [5.74, 6) is 0.169. The van der Waals surface area contributed by atoms with E-state index in [0.29, 0.717) is 30.0 Å². The summed E-state index contributed by atoms with van der Waals surface area (Å²) in [4.78, 5) is 11.4. The SMILES string of the molecule is CCCOc1ccc(-c2noc(CCC)c2C(=O)O)cc1. The Bertz CT molecular complexity index is 601. The largest absolute Gasteiger partial charge is 0.494 e. The van der Waals surface area contributed by atoms with E-state index in [-0.39, 0.29) is 5.56 Å². The molecule has 0 atom stereocenters. The Morgan fingerprint density at radius 3 is 2.52 bits per heavy atom. The van der Waals surface area contributed by atoms with Gasteiger partial charge in [0.2, 0.25) is 0 Å². The molecule has 0 fully saturated rings. The Morgan fingerprint density at radius 2 is 1.95 bits per heavy atom. The number of carbonyl (C=O) groups is 1. The molecule has 0 saturated carbocycles. The maximum atomic E-state index is 11.4. The molecule has 0 amide bonds. The van der Waals surface area contributed by atoms with Gasteiger partial charge in [0.05, 0.1) is 6.61 Å². The van der Waals surface area contributed by atoms with E-state index < -0.39 is 5.97 Å². The number of benzene rings is 1. The molecule has 0 unspecified atom stereocenters. The molecule has 2 rings (SSSR count). The lowest BCUT2D eigenvalue weighted by Crippen LogP contribution is -2.01. The van der Waals surface area contributed by atoms with E-state index in [9.17, 15) is 9.90 Å². The summed E-state index contributed by atoms with van der Waals surface area (Å²) in [5, 5.41) is 13.3. The summed E-state index contributed by atoms with van der Waals surface area (Å²) in [6.45, 7) is 4.66. The number of hydrogen-bond acceptors (Lipinski definition) is 4.